The minimum absolute atomic E-state index is 0.259. The second-order valence-corrected chi connectivity index (χ2v) is 4.66. The molecule has 2 N–H and O–H groups in total. The topological polar surface area (TPSA) is 46.3 Å². The van der Waals surface area contributed by atoms with E-state index in [1.165, 1.54) is 5.56 Å². The number of hydrogen-bond acceptors (Lipinski definition) is 2. The fraction of sp³-hybridized carbons (Fsp3) is 0.500. The van der Waals surface area contributed by atoms with E-state index in [0.29, 0.717) is 6.42 Å². The van der Waals surface area contributed by atoms with Gasteiger partial charge >= 0.3 is 0 Å². The Bertz CT molecular complexity index is 386. The third-order valence-corrected chi connectivity index (χ3v) is 3.36. The first kappa shape index (κ1) is 12.0. The zero-order chi connectivity index (χ0) is 12.3. The molecule has 17 heavy (non-hydrogen) atoms. The van der Waals surface area contributed by atoms with Crippen molar-refractivity contribution in [3.8, 4) is 0 Å². The molecule has 92 valence electrons. The maximum Gasteiger partial charge on any atom is 0.223 e. The molecule has 1 saturated heterocycles. The van der Waals surface area contributed by atoms with E-state index in [1.807, 2.05) is 36.1 Å². The highest BCUT2D eigenvalue weighted by Crippen LogP contribution is 2.32. The highest BCUT2D eigenvalue weighted by molar-refractivity contribution is 5.77. The summed E-state index contributed by atoms with van der Waals surface area (Å²) in [5, 5.41) is 0. The second kappa shape index (κ2) is 5.21. The summed E-state index contributed by atoms with van der Waals surface area (Å²) in [6.45, 7) is 2.94. The lowest BCUT2D eigenvalue weighted by atomic mass is 10.0. The van der Waals surface area contributed by atoms with Gasteiger partial charge in [0.2, 0.25) is 5.91 Å². The van der Waals surface area contributed by atoms with E-state index in [-0.39, 0.29) is 11.9 Å². The summed E-state index contributed by atoms with van der Waals surface area (Å²) in [4.78, 5) is 14.0. The van der Waals surface area contributed by atoms with Crippen LogP contribution >= 0.6 is 0 Å². The molecule has 1 aliphatic heterocycles. The molecule has 1 aromatic rings. The molecule has 0 aliphatic carbocycles. The van der Waals surface area contributed by atoms with Gasteiger partial charge in [-0.1, -0.05) is 19.1 Å². The summed E-state index contributed by atoms with van der Waals surface area (Å²) in [5.41, 5.74) is 7.67. The molecule has 0 saturated carbocycles. The summed E-state index contributed by atoms with van der Waals surface area (Å²) in [5.74, 6) is 0.284. The molecule has 1 unspecified atom stereocenters. The first-order chi connectivity index (χ1) is 8.22. The van der Waals surface area contributed by atoms with Crippen molar-refractivity contribution >= 4 is 11.6 Å². The Kier molecular flexibility index (Phi) is 3.67. The molecule has 0 radical (unpaired) electrons. The molecular weight excluding hydrogens is 212 g/mol. The first-order valence-corrected chi connectivity index (χ1v) is 6.37. The molecule has 1 atom stereocenters. The predicted octanol–water partition coefficient (Wildman–Crippen LogP) is 2.73. The van der Waals surface area contributed by atoms with E-state index >= 15 is 0 Å². The molecular formula is C14H20N2O. The first-order valence-electron chi connectivity index (χ1n) is 6.37. The number of hydrogen-bond donors (Lipinski definition) is 1. The normalized spacial score (nSPS) is 19.6. The monoisotopic (exact) mass is 232 g/mol. The van der Waals surface area contributed by atoms with Gasteiger partial charge in [-0.25, -0.2) is 0 Å². The van der Waals surface area contributed by atoms with E-state index in [4.69, 9.17) is 5.73 Å². The molecule has 1 aromatic carbocycles. The Hall–Kier alpha value is -1.51. The maximum absolute atomic E-state index is 12.0. The van der Waals surface area contributed by atoms with Crippen molar-refractivity contribution < 1.29 is 4.79 Å². The van der Waals surface area contributed by atoms with E-state index in [0.717, 1.165) is 31.5 Å². The number of likely N-dealkylation sites (tertiary alicyclic amines) is 1. The average Bonchev–Trinajstić information content (AvgIpc) is 2.79. The maximum atomic E-state index is 12.0. The Morgan fingerprint density at radius 1 is 1.41 bits per heavy atom. The predicted molar refractivity (Wildman–Crippen MR) is 69.5 cm³/mol. The Morgan fingerprint density at radius 3 is 2.76 bits per heavy atom. The van der Waals surface area contributed by atoms with Crippen LogP contribution in [0.2, 0.25) is 0 Å². The molecule has 1 fully saturated rings. The quantitative estimate of drug-likeness (QED) is 0.814. The van der Waals surface area contributed by atoms with E-state index in [9.17, 15) is 4.79 Å². The molecule has 1 aliphatic rings. The van der Waals surface area contributed by atoms with Gasteiger partial charge < -0.3 is 10.6 Å². The summed E-state index contributed by atoms with van der Waals surface area (Å²) in [6.07, 6.45) is 3.75. The van der Waals surface area contributed by atoms with Crippen LogP contribution in [0.25, 0.3) is 0 Å². The van der Waals surface area contributed by atoms with Crippen molar-refractivity contribution in [2.24, 2.45) is 0 Å². The van der Waals surface area contributed by atoms with Crippen molar-refractivity contribution in [3.05, 3.63) is 29.8 Å². The SMILES string of the molecule is CCCC(=O)N1CCCC1c1ccc(N)cc1. The van der Waals surface area contributed by atoms with Gasteiger partial charge in [0.15, 0.2) is 0 Å². The minimum Gasteiger partial charge on any atom is -0.399 e. The van der Waals surface area contributed by atoms with E-state index < -0.39 is 0 Å². The average molecular weight is 232 g/mol. The van der Waals surface area contributed by atoms with Crippen LogP contribution < -0.4 is 5.73 Å². The summed E-state index contributed by atoms with van der Waals surface area (Å²) < 4.78 is 0. The van der Waals surface area contributed by atoms with Gasteiger partial charge in [-0.2, -0.15) is 0 Å². The Labute approximate surface area is 103 Å². The number of rotatable bonds is 3. The number of nitrogens with two attached hydrogens (primary N) is 1. The minimum atomic E-state index is 0.259. The summed E-state index contributed by atoms with van der Waals surface area (Å²) >= 11 is 0. The second-order valence-electron chi connectivity index (χ2n) is 4.66. The molecule has 3 heteroatoms. The number of benzene rings is 1. The number of carbonyl (C=O) groups is 1. The highest BCUT2D eigenvalue weighted by Gasteiger charge is 2.28. The van der Waals surface area contributed by atoms with Gasteiger partial charge in [0, 0.05) is 18.7 Å². The van der Waals surface area contributed by atoms with Crippen molar-refractivity contribution in [1.82, 2.24) is 4.90 Å². The van der Waals surface area contributed by atoms with Crippen LogP contribution in [-0.4, -0.2) is 17.4 Å². The third kappa shape index (κ3) is 2.60. The lowest BCUT2D eigenvalue weighted by molar-refractivity contribution is -0.132. The molecule has 2 rings (SSSR count). The van der Waals surface area contributed by atoms with Crippen LogP contribution in [0, 0.1) is 0 Å². The number of nitrogens with zero attached hydrogens (tertiary/aromatic N) is 1. The van der Waals surface area contributed by atoms with Crippen LogP contribution in [0.15, 0.2) is 24.3 Å². The fourth-order valence-electron chi connectivity index (χ4n) is 2.49. The van der Waals surface area contributed by atoms with Crippen LogP contribution in [0.5, 0.6) is 0 Å². The standard InChI is InChI=1S/C14H20N2O/c1-2-4-14(17)16-10-3-5-13(16)11-6-8-12(15)9-7-11/h6-9,13H,2-5,10,15H2,1H3. The van der Waals surface area contributed by atoms with E-state index in [1.54, 1.807) is 0 Å². The van der Waals surface area contributed by atoms with Crippen LogP contribution in [0.4, 0.5) is 5.69 Å². The van der Waals surface area contributed by atoms with Crippen LogP contribution in [0.1, 0.15) is 44.2 Å². The van der Waals surface area contributed by atoms with Crippen molar-refractivity contribution in [2.75, 3.05) is 12.3 Å². The Morgan fingerprint density at radius 2 is 2.12 bits per heavy atom. The lowest BCUT2D eigenvalue weighted by Gasteiger charge is -2.25. The van der Waals surface area contributed by atoms with Gasteiger partial charge in [0.1, 0.15) is 0 Å². The van der Waals surface area contributed by atoms with Gasteiger partial charge in [-0.15, -0.1) is 0 Å². The summed E-state index contributed by atoms with van der Waals surface area (Å²) in [7, 11) is 0. The third-order valence-electron chi connectivity index (χ3n) is 3.36. The van der Waals surface area contributed by atoms with Gasteiger partial charge in [-0.05, 0) is 37.0 Å². The van der Waals surface area contributed by atoms with Crippen LogP contribution in [-0.2, 0) is 4.79 Å². The number of amides is 1. The number of anilines is 1. The smallest absolute Gasteiger partial charge is 0.223 e. The van der Waals surface area contributed by atoms with Gasteiger partial charge in [-0.3, -0.25) is 4.79 Å². The molecule has 0 bridgehead atoms. The van der Waals surface area contributed by atoms with Gasteiger partial charge in [0.25, 0.3) is 0 Å². The molecule has 1 heterocycles. The fourth-order valence-corrected chi connectivity index (χ4v) is 2.49. The van der Waals surface area contributed by atoms with Crippen molar-refractivity contribution in [3.63, 3.8) is 0 Å². The van der Waals surface area contributed by atoms with Crippen molar-refractivity contribution in [1.29, 1.82) is 0 Å². The van der Waals surface area contributed by atoms with E-state index in [2.05, 4.69) is 0 Å². The molecule has 0 spiro atoms. The van der Waals surface area contributed by atoms with Gasteiger partial charge in [0.05, 0.1) is 6.04 Å². The largest absolute Gasteiger partial charge is 0.399 e. The Balaban J connectivity index is 2.14. The molecule has 1 amide bonds. The summed E-state index contributed by atoms with van der Waals surface area (Å²) in [6, 6.07) is 8.16. The molecule has 0 aromatic heterocycles. The van der Waals surface area contributed by atoms with Crippen LogP contribution in [0.3, 0.4) is 0 Å². The van der Waals surface area contributed by atoms with Crippen molar-refractivity contribution in [2.45, 2.75) is 38.6 Å². The zero-order valence-electron chi connectivity index (χ0n) is 10.4. The molecule has 3 nitrogen and oxygen atoms in total. The zero-order valence-corrected chi connectivity index (χ0v) is 10.4. The lowest BCUT2D eigenvalue weighted by Crippen LogP contribution is -2.30. The number of carbonyl (C=O) groups excluding carboxylic acids is 1. The highest BCUT2D eigenvalue weighted by atomic mass is 16.2. The number of nitrogen functional groups attached to an aromatic ring is 1.